The lowest BCUT2D eigenvalue weighted by molar-refractivity contribution is -0.0331. The highest BCUT2D eigenvalue weighted by molar-refractivity contribution is 7.67. The van der Waals surface area contributed by atoms with Gasteiger partial charge in [-0.3, -0.25) is 0 Å². The van der Waals surface area contributed by atoms with Gasteiger partial charge in [0.25, 0.3) is 0 Å². The molecule has 0 spiro atoms. The lowest BCUT2D eigenvalue weighted by atomic mass is 9.49. The summed E-state index contributed by atoms with van der Waals surface area (Å²) in [5, 5.41) is 5.74. The zero-order chi connectivity index (χ0) is 18.6. The Morgan fingerprint density at radius 2 is 1.59 bits per heavy atom. The molecule has 1 unspecified atom stereocenters. The topological polar surface area (TPSA) is 15.3 Å². The second-order valence-corrected chi connectivity index (χ2v) is 13.7. The van der Waals surface area contributed by atoms with Gasteiger partial charge in [-0.2, -0.15) is 0 Å². The van der Waals surface area contributed by atoms with Crippen LogP contribution in [0.1, 0.15) is 59.3 Å². The summed E-state index contributed by atoms with van der Waals surface area (Å²) in [5.41, 5.74) is 2.10. The molecule has 2 nitrogen and oxygen atoms in total. The van der Waals surface area contributed by atoms with Crippen molar-refractivity contribution in [2.45, 2.75) is 64.5 Å². The maximum atomic E-state index is 3.87. The fourth-order valence-electron chi connectivity index (χ4n) is 6.79. The predicted octanol–water partition coefficient (Wildman–Crippen LogP) is 5.47. The molecule has 1 atom stereocenters. The van der Waals surface area contributed by atoms with E-state index < -0.39 is 0 Å². The van der Waals surface area contributed by atoms with Gasteiger partial charge in [0.05, 0.1) is 6.67 Å². The molecule has 1 aromatic carbocycles. The lowest BCUT2D eigenvalue weighted by Gasteiger charge is -2.57. The Labute approximate surface area is 166 Å². The Bertz CT molecular complexity index is 682. The summed E-state index contributed by atoms with van der Waals surface area (Å²) in [5.74, 6) is 3.05. The molecule has 1 aromatic rings. The summed E-state index contributed by atoms with van der Waals surface area (Å²) in [7, 11) is -0.219. The number of nitrogens with one attached hydrogen (secondary N) is 1. The van der Waals surface area contributed by atoms with Crippen molar-refractivity contribution in [1.82, 2.24) is 10.2 Å². The number of hydrogen-bond acceptors (Lipinski definition) is 2. The van der Waals surface area contributed by atoms with Crippen molar-refractivity contribution in [3.05, 3.63) is 42.2 Å². The van der Waals surface area contributed by atoms with Crippen LogP contribution in [0.3, 0.4) is 0 Å². The summed E-state index contributed by atoms with van der Waals surface area (Å²) in [4.78, 5) is 2.60. The molecule has 0 aromatic heterocycles. The highest BCUT2D eigenvalue weighted by atomic mass is 31.1. The van der Waals surface area contributed by atoms with E-state index in [4.69, 9.17) is 0 Å². The van der Waals surface area contributed by atoms with E-state index in [1.165, 1.54) is 50.1 Å². The molecule has 4 bridgehead atoms. The van der Waals surface area contributed by atoms with Gasteiger partial charge in [0.1, 0.15) is 0 Å². The Hall–Kier alpha value is -1.01. The average Bonchev–Trinajstić information content (AvgIpc) is 3.08. The Kier molecular flexibility index (Phi) is 4.35. The van der Waals surface area contributed by atoms with Crippen LogP contribution in [0.4, 0.5) is 0 Å². The van der Waals surface area contributed by atoms with E-state index in [1.807, 2.05) is 0 Å². The van der Waals surface area contributed by atoms with E-state index in [0.29, 0.717) is 10.6 Å². The molecule has 27 heavy (non-hydrogen) atoms. The first kappa shape index (κ1) is 18.0. The fraction of sp³-hybridized carbons (Fsp3) is 0.667. The zero-order valence-electron chi connectivity index (χ0n) is 17.2. The molecule has 0 radical (unpaired) electrons. The Morgan fingerprint density at radius 1 is 1.00 bits per heavy atom. The van der Waals surface area contributed by atoms with E-state index in [0.717, 1.165) is 24.4 Å². The molecule has 4 saturated carbocycles. The molecule has 4 aliphatic carbocycles. The van der Waals surface area contributed by atoms with Crippen molar-refractivity contribution >= 4 is 13.2 Å². The number of benzene rings is 1. The van der Waals surface area contributed by atoms with Crippen molar-refractivity contribution in [3.8, 4) is 0 Å². The minimum atomic E-state index is -0.219. The third-order valence-corrected chi connectivity index (χ3v) is 10.8. The molecular weight excluding hydrogens is 347 g/mol. The van der Waals surface area contributed by atoms with Gasteiger partial charge < -0.3 is 10.2 Å². The van der Waals surface area contributed by atoms with Crippen LogP contribution in [0, 0.1) is 23.2 Å². The van der Waals surface area contributed by atoms with Crippen LogP contribution in [0.15, 0.2) is 42.2 Å². The van der Waals surface area contributed by atoms with E-state index in [-0.39, 0.29) is 7.92 Å². The van der Waals surface area contributed by atoms with E-state index >= 15 is 0 Å². The number of nitrogens with zero attached hydrogens (tertiary/aromatic N) is 1. The van der Waals surface area contributed by atoms with Crippen molar-refractivity contribution < 1.29 is 0 Å². The van der Waals surface area contributed by atoms with Crippen molar-refractivity contribution in [1.29, 1.82) is 0 Å². The molecule has 6 rings (SSSR count). The third-order valence-electron chi connectivity index (χ3n) is 7.59. The molecule has 5 aliphatic rings. The van der Waals surface area contributed by atoms with Crippen LogP contribution in [0.5, 0.6) is 0 Å². The number of allylic oxidation sites excluding steroid dienone is 1. The molecular formula is C24H35N2P. The first-order valence-electron chi connectivity index (χ1n) is 10.9. The summed E-state index contributed by atoms with van der Waals surface area (Å²) in [6.45, 7) is 8.26. The van der Waals surface area contributed by atoms with Gasteiger partial charge in [-0.1, -0.05) is 51.1 Å². The Morgan fingerprint density at radius 3 is 2.15 bits per heavy atom. The molecule has 1 aliphatic heterocycles. The van der Waals surface area contributed by atoms with Crippen molar-refractivity contribution in [2.24, 2.45) is 23.2 Å². The quantitative estimate of drug-likeness (QED) is 0.695. The number of rotatable bonds is 4. The fourth-order valence-corrected chi connectivity index (χ4v) is 9.23. The van der Waals surface area contributed by atoms with Crippen molar-refractivity contribution in [3.63, 3.8) is 0 Å². The molecule has 0 amide bonds. The van der Waals surface area contributed by atoms with Gasteiger partial charge in [-0.15, -0.1) is 0 Å². The molecule has 0 saturated heterocycles. The Balaban J connectivity index is 1.36. The van der Waals surface area contributed by atoms with Gasteiger partial charge >= 0.3 is 0 Å². The second-order valence-electron chi connectivity index (χ2n) is 10.7. The van der Waals surface area contributed by atoms with E-state index in [9.17, 15) is 0 Å². The largest absolute Gasteiger partial charge is 0.369 e. The zero-order valence-corrected chi connectivity index (χ0v) is 18.1. The summed E-state index contributed by atoms with van der Waals surface area (Å²) in [6, 6.07) is 11.2. The highest BCUT2D eigenvalue weighted by Crippen LogP contribution is 2.62. The van der Waals surface area contributed by atoms with Gasteiger partial charge in [0, 0.05) is 23.6 Å². The maximum Gasteiger partial charge on any atom is 0.0873 e. The molecule has 1 heterocycles. The van der Waals surface area contributed by atoms with Gasteiger partial charge in [-0.05, 0) is 74.7 Å². The van der Waals surface area contributed by atoms with Crippen LogP contribution in [0.2, 0.25) is 0 Å². The molecule has 1 N–H and O–H groups in total. The number of hydrogen-bond donors (Lipinski definition) is 1. The summed E-state index contributed by atoms with van der Waals surface area (Å²) in [6.07, 6.45) is 12.7. The minimum Gasteiger partial charge on any atom is -0.369 e. The van der Waals surface area contributed by atoms with E-state index in [2.05, 4.69) is 67.5 Å². The average molecular weight is 383 g/mol. The predicted molar refractivity (Wildman–Crippen MR) is 116 cm³/mol. The van der Waals surface area contributed by atoms with Crippen LogP contribution in [-0.4, -0.2) is 23.0 Å². The lowest BCUT2D eigenvalue weighted by Crippen LogP contribution is -2.48. The summed E-state index contributed by atoms with van der Waals surface area (Å²) >= 11 is 0. The van der Waals surface area contributed by atoms with Crippen LogP contribution < -0.4 is 10.6 Å². The second kappa shape index (κ2) is 6.51. The third kappa shape index (κ3) is 3.33. The van der Waals surface area contributed by atoms with Gasteiger partial charge in [-0.25, -0.2) is 0 Å². The van der Waals surface area contributed by atoms with E-state index in [1.54, 1.807) is 5.70 Å². The normalized spacial score (nSPS) is 35.9. The SMILES string of the molecule is CC(C)(C)P(CN1C=C(C23CC4CC(CC(C4)C2)C3)NC1)c1ccccc1. The van der Waals surface area contributed by atoms with Crippen LogP contribution in [-0.2, 0) is 0 Å². The first-order valence-corrected chi connectivity index (χ1v) is 12.5. The molecule has 4 fully saturated rings. The molecule has 146 valence electrons. The first-order chi connectivity index (χ1) is 12.9. The smallest absolute Gasteiger partial charge is 0.0873 e. The maximum absolute atomic E-state index is 3.87. The van der Waals surface area contributed by atoms with Crippen molar-refractivity contribution in [2.75, 3.05) is 13.0 Å². The van der Waals surface area contributed by atoms with Gasteiger partial charge in [0.2, 0.25) is 0 Å². The van der Waals surface area contributed by atoms with Crippen LogP contribution in [0.25, 0.3) is 0 Å². The highest BCUT2D eigenvalue weighted by Gasteiger charge is 2.53. The summed E-state index contributed by atoms with van der Waals surface area (Å²) < 4.78 is 0. The minimum absolute atomic E-state index is 0.219. The van der Waals surface area contributed by atoms with Crippen LogP contribution >= 0.6 is 7.92 Å². The van der Waals surface area contributed by atoms with Gasteiger partial charge in [0.15, 0.2) is 0 Å². The monoisotopic (exact) mass is 382 g/mol. The molecule has 3 heteroatoms. The standard InChI is InChI=1S/C24H35N2P/c1-23(2,3)27(21-7-5-4-6-8-21)17-26-15-22(25-16-26)24-12-18-9-19(13-24)11-20(10-18)14-24/h4-8,15,18-20,25H,9-14,16-17H2,1-3H3.